The van der Waals surface area contributed by atoms with Gasteiger partial charge < -0.3 is 14.8 Å². The predicted molar refractivity (Wildman–Crippen MR) is 58.8 cm³/mol. The van der Waals surface area contributed by atoms with Gasteiger partial charge in [0.2, 0.25) is 0 Å². The fraction of sp³-hybridized carbons (Fsp3) is 0.667. The first-order valence-corrected chi connectivity index (χ1v) is 6.72. The minimum atomic E-state index is -3.59. The van der Waals surface area contributed by atoms with E-state index in [0.29, 0.717) is 0 Å². The Labute approximate surface area is 99.5 Å². The Hall–Kier alpha value is -0.960. The van der Waals surface area contributed by atoms with Crippen molar-refractivity contribution < 1.29 is 18.3 Å². The molecule has 96 valence electrons. The highest BCUT2D eigenvalue weighted by atomic mass is 32.2. The lowest BCUT2D eigenvalue weighted by molar-refractivity contribution is -0.0516. The average Bonchev–Trinajstić information content (AvgIpc) is 2.83. The summed E-state index contributed by atoms with van der Waals surface area (Å²) in [6.07, 6.45) is 2.12. The molecular weight excluding hydrogens is 246 g/mol. The predicted octanol–water partition coefficient (Wildman–Crippen LogP) is -0.820. The monoisotopic (exact) mass is 261 g/mol. The Kier molecular flexibility index (Phi) is 3.48. The fourth-order valence-corrected chi connectivity index (χ4v) is 3.29. The van der Waals surface area contributed by atoms with E-state index in [2.05, 4.69) is 9.97 Å². The van der Waals surface area contributed by atoms with E-state index in [9.17, 15) is 8.42 Å². The van der Waals surface area contributed by atoms with Crippen LogP contribution in [-0.2, 0) is 14.8 Å². The second-order valence-electron chi connectivity index (χ2n) is 3.98. The summed E-state index contributed by atoms with van der Waals surface area (Å²) in [7, 11) is -3.59. The van der Waals surface area contributed by atoms with E-state index in [1.165, 1.54) is 16.8 Å². The van der Waals surface area contributed by atoms with Gasteiger partial charge in [-0.15, -0.1) is 0 Å². The van der Waals surface area contributed by atoms with Gasteiger partial charge in [0.25, 0.3) is 10.0 Å². The largest absolute Gasteiger partial charge is 0.394 e. The molecule has 0 spiro atoms. The van der Waals surface area contributed by atoms with E-state index in [-0.39, 0.29) is 30.8 Å². The van der Waals surface area contributed by atoms with Crippen molar-refractivity contribution in [3.05, 3.63) is 12.5 Å². The van der Waals surface area contributed by atoms with Crippen LogP contribution < -0.4 is 0 Å². The molecule has 7 nitrogen and oxygen atoms in total. The van der Waals surface area contributed by atoms with Crippen LogP contribution in [0.5, 0.6) is 0 Å². The number of hydrogen-bond acceptors (Lipinski definition) is 5. The summed E-state index contributed by atoms with van der Waals surface area (Å²) in [5.74, 6) is 0. The summed E-state index contributed by atoms with van der Waals surface area (Å²) in [6, 6.07) is -0.258. The minimum Gasteiger partial charge on any atom is -0.394 e. The van der Waals surface area contributed by atoms with Gasteiger partial charge in [-0.3, -0.25) is 0 Å². The number of aromatic amines is 1. The van der Waals surface area contributed by atoms with Crippen molar-refractivity contribution in [2.45, 2.75) is 24.1 Å². The maximum absolute atomic E-state index is 12.2. The summed E-state index contributed by atoms with van der Waals surface area (Å²) in [5.41, 5.74) is 0. The van der Waals surface area contributed by atoms with E-state index in [4.69, 9.17) is 9.84 Å². The molecule has 0 amide bonds. The minimum absolute atomic E-state index is 0.0583. The van der Waals surface area contributed by atoms with Crippen LogP contribution in [0.15, 0.2) is 17.6 Å². The van der Waals surface area contributed by atoms with Crippen LogP contribution in [0.1, 0.15) is 6.92 Å². The molecule has 2 atom stereocenters. The van der Waals surface area contributed by atoms with Gasteiger partial charge in [-0.25, -0.2) is 13.4 Å². The number of aliphatic hydroxyl groups excluding tert-OH is 1. The van der Waals surface area contributed by atoms with Gasteiger partial charge >= 0.3 is 0 Å². The maximum Gasteiger partial charge on any atom is 0.260 e. The molecule has 0 saturated carbocycles. The summed E-state index contributed by atoms with van der Waals surface area (Å²) in [6.45, 7) is 2.00. The molecule has 0 radical (unpaired) electrons. The molecule has 2 unspecified atom stereocenters. The smallest absolute Gasteiger partial charge is 0.260 e. The molecule has 0 bridgehead atoms. The molecule has 2 heterocycles. The number of nitrogens with zero attached hydrogens (tertiary/aromatic N) is 2. The number of nitrogens with one attached hydrogen (secondary N) is 1. The Bertz CT molecular complexity index is 459. The molecule has 0 aliphatic carbocycles. The van der Waals surface area contributed by atoms with Crippen LogP contribution in [0.4, 0.5) is 0 Å². The molecule has 1 aromatic heterocycles. The number of aromatic nitrogens is 2. The maximum atomic E-state index is 12.2. The average molecular weight is 261 g/mol. The van der Waals surface area contributed by atoms with Crippen LogP contribution in [0.3, 0.4) is 0 Å². The number of morpholine rings is 1. The van der Waals surface area contributed by atoms with Crippen molar-refractivity contribution in [2.24, 2.45) is 0 Å². The van der Waals surface area contributed by atoms with Crippen molar-refractivity contribution in [3.63, 3.8) is 0 Å². The van der Waals surface area contributed by atoms with Crippen LogP contribution in [0.25, 0.3) is 0 Å². The standard InChI is InChI=1S/C9H15N3O4S/c1-7-5-16-8(4-13)3-12(7)17(14,15)9-2-10-6-11-9/h2,6-8,13H,3-5H2,1H3,(H,10,11). The zero-order valence-corrected chi connectivity index (χ0v) is 10.2. The summed E-state index contributed by atoms with van der Waals surface area (Å²) < 4.78 is 31.1. The zero-order valence-electron chi connectivity index (χ0n) is 9.41. The molecule has 1 aromatic rings. The van der Waals surface area contributed by atoms with E-state index in [1.807, 2.05) is 0 Å². The second-order valence-corrected chi connectivity index (χ2v) is 5.84. The van der Waals surface area contributed by atoms with Crippen molar-refractivity contribution in [3.8, 4) is 0 Å². The van der Waals surface area contributed by atoms with Gasteiger partial charge in [0.15, 0.2) is 5.03 Å². The molecule has 1 fully saturated rings. The Morgan fingerprint density at radius 1 is 1.71 bits per heavy atom. The first kappa shape index (κ1) is 12.5. The van der Waals surface area contributed by atoms with Crippen molar-refractivity contribution >= 4 is 10.0 Å². The first-order valence-electron chi connectivity index (χ1n) is 5.28. The molecule has 17 heavy (non-hydrogen) atoms. The van der Waals surface area contributed by atoms with Gasteiger partial charge in [-0.2, -0.15) is 4.31 Å². The van der Waals surface area contributed by atoms with Gasteiger partial charge in [0.05, 0.1) is 31.8 Å². The van der Waals surface area contributed by atoms with Crippen molar-refractivity contribution in [1.29, 1.82) is 0 Å². The third-order valence-corrected chi connectivity index (χ3v) is 4.62. The quantitative estimate of drug-likeness (QED) is 0.741. The first-order chi connectivity index (χ1) is 8.05. The lowest BCUT2D eigenvalue weighted by Gasteiger charge is -2.35. The molecule has 2 N–H and O–H groups in total. The van der Waals surface area contributed by atoms with E-state index in [1.54, 1.807) is 6.92 Å². The highest BCUT2D eigenvalue weighted by Gasteiger charge is 2.35. The fourth-order valence-electron chi connectivity index (χ4n) is 1.75. The van der Waals surface area contributed by atoms with Crippen LogP contribution in [0.2, 0.25) is 0 Å². The SMILES string of the molecule is CC1COC(CO)CN1S(=O)(=O)c1cnc[nH]1. The van der Waals surface area contributed by atoms with Gasteiger partial charge in [0.1, 0.15) is 0 Å². The lowest BCUT2D eigenvalue weighted by Crippen LogP contribution is -2.51. The third kappa shape index (κ3) is 2.34. The summed E-state index contributed by atoms with van der Waals surface area (Å²) >= 11 is 0. The molecular formula is C9H15N3O4S. The Morgan fingerprint density at radius 2 is 2.47 bits per heavy atom. The Balaban J connectivity index is 2.26. The van der Waals surface area contributed by atoms with Gasteiger partial charge in [0, 0.05) is 12.6 Å². The molecule has 2 rings (SSSR count). The van der Waals surface area contributed by atoms with Crippen molar-refractivity contribution in [2.75, 3.05) is 19.8 Å². The van der Waals surface area contributed by atoms with Gasteiger partial charge in [-0.1, -0.05) is 0 Å². The number of hydrogen-bond donors (Lipinski definition) is 2. The van der Waals surface area contributed by atoms with Crippen molar-refractivity contribution in [1.82, 2.24) is 14.3 Å². The highest BCUT2D eigenvalue weighted by Crippen LogP contribution is 2.20. The summed E-state index contributed by atoms with van der Waals surface area (Å²) in [4.78, 5) is 6.29. The molecule has 1 aliphatic rings. The van der Waals surface area contributed by atoms with E-state index in [0.717, 1.165) is 0 Å². The van der Waals surface area contributed by atoms with E-state index >= 15 is 0 Å². The number of ether oxygens (including phenoxy) is 1. The number of imidazole rings is 1. The van der Waals surface area contributed by atoms with E-state index < -0.39 is 16.1 Å². The normalized spacial score (nSPS) is 27.2. The van der Waals surface area contributed by atoms with Crippen LogP contribution in [-0.4, -0.2) is 59.7 Å². The number of H-pyrrole nitrogens is 1. The number of rotatable bonds is 3. The highest BCUT2D eigenvalue weighted by molar-refractivity contribution is 7.89. The molecule has 1 saturated heterocycles. The van der Waals surface area contributed by atoms with Gasteiger partial charge in [-0.05, 0) is 6.92 Å². The second kappa shape index (κ2) is 4.73. The number of aliphatic hydroxyl groups is 1. The summed E-state index contributed by atoms with van der Waals surface area (Å²) in [5, 5.41) is 9.08. The molecule has 0 aromatic carbocycles. The molecule has 8 heteroatoms. The third-order valence-electron chi connectivity index (χ3n) is 2.71. The zero-order chi connectivity index (χ0) is 12.5. The van der Waals surface area contributed by atoms with Crippen LogP contribution >= 0.6 is 0 Å². The molecule has 1 aliphatic heterocycles. The lowest BCUT2D eigenvalue weighted by atomic mass is 10.2. The van der Waals surface area contributed by atoms with Crippen LogP contribution in [0, 0.1) is 0 Å². The Morgan fingerprint density at radius 3 is 3.06 bits per heavy atom. The topological polar surface area (TPSA) is 95.5 Å². The number of sulfonamides is 1.